The van der Waals surface area contributed by atoms with Gasteiger partial charge in [-0.05, 0) is 30.7 Å². The van der Waals surface area contributed by atoms with Gasteiger partial charge in [0.05, 0.1) is 0 Å². The summed E-state index contributed by atoms with van der Waals surface area (Å²) in [5.74, 6) is 0.0955. The molecule has 1 heterocycles. The molecular formula is C16H22FNO2. The van der Waals surface area contributed by atoms with Crippen molar-refractivity contribution in [1.29, 1.82) is 0 Å². The predicted octanol–water partition coefficient (Wildman–Crippen LogP) is 3.78. The zero-order valence-electron chi connectivity index (χ0n) is 11.9. The molecule has 0 radical (unpaired) electrons. The molecule has 0 aliphatic carbocycles. The number of piperidine rings is 1. The molecule has 0 spiro atoms. The van der Waals surface area contributed by atoms with Crippen LogP contribution in [0, 0.1) is 5.92 Å². The number of halogens is 1. The highest BCUT2D eigenvalue weighted by Gasteiger charge is 2.28. The monoisotopic (exact) mass is 279 g/mol. The molecule has 1 aromatic carbocycles. The Morgan fingerprint density at radius 2 is 2.00 bits per heavy atom. The van der Waals surface area contributed by atoms with Gasteiger partial charge >= 0.3 is 6.09 Å². The van der Waals surface area contributed by atoms with Crippen LogP contribution in [0.4, 0.5) is 9.18 Å². The Morgan fingerprint density at radius 1 is 1.35 bits per heavy atom. The van der Waals surface area contributed by atoms with Crippen molar-refractivity contribution in [3.63, 3.8) is 0 Å². The van der Waals surface area contributed by atoms with Gasteiger partial charge in [0.1, 0.15) is 12.8 Å². The molecule has 1 fully saturated rings. The number of alkyl halides is 1. The molecule has 1 amide bonds. The molecule has 2 rings (SSSR count). The molecule has 1 atom stereocenters. The predicted molar refractivity (Wildman–Crippen MR) is 76.1 cm³/mol. The van der Waals surface area contributed by atoms with E-state index in [4.69, 9.17) is 4.74 Å². The van der Waals surface area contributed by atoms with Crippen molar-refractivity contribution < 1.29 is 13.9 Å². The number of nitrogens with zero attached hydrogens (tertiary/aromatic N) is 1. The van der Waals surface area contributed by atoms with Crippen molar-refractivity contribution in [2.45, 2.75) is 39.0 Å². The topological polar surface area (TPSA) is 29.5 Å². The lowest BCUT2D eigenvalue weighted by Gasteiger charge is -2.32. The third-order valence-corrected chi connectivity index (χ3v) is 3.90. The minimum absolute atomic E-state index is 0.0955. The van der Waals surface area contributed by atoms with Gasteiger partial charge in [0.15, 0.2) is 0 Å². The third kappa shape index (κ3) is 3.95. The van der Waals surface area contributed by atoms with E-state index >= 15 is 0 Å². The first kappa shape index (κ1) is 14.8. The highest BCUT2D eigenvalue weighted by Crippen LogP contribution is 2.24. The van der Waals surface area contributed by atoms with Crippen molar-refractivity contribution in [2.75, 3.05) is 13.1 Å². The maximum Gasteiger partial charge on any atom is 0.410 e. The summed E-state index contributed by atoms with van der Waals surface area (Å²) in [6.07, 6.45) is 0.991. The summed E-state index contributed by atoms with van der Waals surface area (Å²) < 4.78 is 18.9. The SMILES string of the molecule is CC[C@H](F)C1CCN(C(=O)OCc2ccccc2)CC1. The van der Waals surface area contributed by atoms with Crippen molar-refractivity contribution in [1.82, 2.24) is 4.90 Å². The first-order valence-corrected chi connectivity index (χ1v) is 7.30. The standard InChI is InChI=1S/C16H22FNO2/c1-2-15(17)14-8-10-18(11-9-14)16(19)20-12-13-6-4-3-5-7-13/h3-7,14-15H,2,8-12H2,1H3/t15-/m0/s1. The summed E-state index contributed by atoms with van der Waals surface area (Å²) in [6.45, 7) is 3.35. The lowest BCUT2D eigenvalue weighted by Crippen LogP contribution is -2.40. The van der Waals surface area contributed by atoms with Crippen LogP contribution in [0.5, 0.6) is 0 Å². The molecular weight excluding hydrogens is 257 g/mol. The van der Waals surface area contributed by atoms with Crippen LogP contribution < -0.4 is 0 Å². The number of carbonyl (C=O) groups excluding carboxylic acids is 1. The summed E-state index contributed by atoms with van der Waals surface area (Å²) in [5, 5.41) is 0. The van der Waals surface area contributed by atoms with E-state index < -0.39 is 6.17 Å². The van der Waals surface area contributed by atoms with Crippen molar-refractivity contribution >= 4 is 6.09 Å². The van der Waals surface area contributed by atoms with Gasteiger partial charge in [-0.3, -0.25) is 0 Å². The molecule has 1 aliphatic heterocycles. The lowest BCUT2D eigenvalue weighted by atomic mass is 9.91. The van der Waals surface area contributed by atoms with Gasteiger partial charge in [-0.2, -0.15) is 0 Å². The maximum absolute atomic E-state index is 13.6. The lowest BCUT2D eigenvalue weighted by molar-refractivity contribution is 0.0697. The number of likely N-dealkylation sites (tertiary alicyclic amines) is 1. The summed E-state index contributed by atoms with van der Waals surface area (Å²) in [6, 6.07) is 9.61. The number of ether oxygens (including phenoxy) is 1. The summed E-state index contributed by atoms with van der Waals surface area (Å²) in [7, 11) is 0. The molecule has 0 saturated carbocycles. The Kier molecular flexibility index (Phi) is 5.39. The maximum atomic E-state index is 13.6. The Morgan fingerprint density at radius 3 is 2.60 bits per heavy atom. The Balaban J connectivity index is 1.75. The first-order valence-electron chi connectivity index (χ1n) is 7.30. The minimum Gasteiger partial charge on any atom is -0.445 e. The second-order valence-electron chi connectivity index (χ2n) is 5.29. The van der Waals surface area contributed by atoms with Crippen LogP contribution in [0.25, 0.3) is 0 Å². The van der Waals surface area contributed by atoms with Gasteiger partial charge in [-0.25, -0.2) is 9.18 Å². The van der Waals surface area contributed by atoms with Crippen LogP contribution in [0.1, 0.15) is 31.7 Å². The molecule has 0 bridgehead atoms. The zero-order chi connectivity index (χ0) is 14.4. The van der Waals surface area contributed by atoms with Gasteiger partial charge in [0, 0.05) is 13.1 Å². The molecule has 0 N–H and O–H groups in total. The van der Waals surface area contributed by atoms with E-state index in [9.17, 15) is 9.18 Å². The molecule has 1 saturated heterocycles. The summed E-state index contributed by atoms with van der Waals surface area (Å²) >= 11 is 0. The van der Waals surface area contributed by atoms with E-state index in [1.54, 1.807) is 4.90 Å². The quantitative estimate of drug-likeness (QED) is 0.839. The second kappa shape index (κ2) is 7.27. The fourth-order valence-electron chi connectivity index (χ4n) is 2.59. The van der Waals surface area contributed by atoms with Crippen LogP contribution in [0.2, 0.25) is 0 Å². The van der Waals surface area contributed by atoms with Gasteiger partial charge < -0.3 is 9.64 Å². The highest BCUT2D eigenvalue weighted by atomic mass is 19.1. The molecule has 1 aromatic rings. The fraction of sp³-hybridized carbons (Fsp3) is 0.562. The van der Waals surface area contributed by atoms with Crippen LogP contribution in [0.15, 0.2) is 30.3 Å². The third-order valence-electron chi connectivity index (χ3n) is 3.90. The minimum atomic E-state index is -0.738. The second-order valence-corrected chi connectivity index (χ2v) is 5.29. The molecule has 110 valence electrons. The number of hydrogen-bond acceptors (Lipinski definition) is 2. The number of hydrogen-bond donors (Lipinski definition) is 0. The fourth-order valence-corrected chi connectivity index (χ4v) is 2.59. The molecule has 0 unspecified atom stereocenters. The summed E-state index contributed by atoms with van der Waals surface area (Å²) in [5.41, 5.74) is 0.977. The Labute approximate surface area is 119 Å². The van der Waals surface area contributed by atoms with Crippen molar-refractivity contribution in [3.8, 4) is 0 Å². The van der Waals surface area contributed by atoms with Crippen LogP contribution in [-0.2, 0) is 11.3 Å². The van der Waals surface area contributed by atoms with Crippen LogP contribution >= 0.6 is 0 Å². The van der Waals surface area contributed by atoms with Crippen molar-refractivity contribution in [3.05, 3.63) is 35.9 Å². The van der Waals surface area contributed by atoms with E-state index in [0.717, 1.165) is 18.4 Å². The van der Waals surface area contributed by atoms with E-state index in [-0.39, 0.29) is 12.0 Å². The molecule has 4 heteroatoms. The molecule has 20 heavy (non-hydrogen) atoms. The average Bonchev–Trinajstić information content (AvgIpc) is 2.53. The van der Waals surface area contributed by atoms with Crippen molar-refractivity contribution in [2.24, 2.45) is 5.92 Å². The number of rotatable bonds is 4. The number of amides is 1. The molecule has 3 nitrogen and oxygen atoms in total. The Bertz CT molecular complexity index is 416. The van der Waals surface area contributed by atoms with E-state index in [1.807, 2.05) is 37.3 Å². The average molecular weight is 279 g/mol. The van der Waals surface area contributed by atoms with E-state index in [1.165, 1.54) is 0 Å². The Hall–Kier alpha value is -1.58. The van der Waals surface area contributed by atoms with Crippen LogP contribution in [0.3, 0.4) is 0 Å². The summed E-state index contributed by atoms with van der Waals surface area (Å²) in [4.78, 5) is 13.6. The zero-order valence-corrected chi connectivity index (χ0v) is 11.9. The van der Waals surface area contributed by atoms with E-state index in [0.29, 0.717) is 26.1 Å². The smallest absolute Gasteiger partial charge is 0.410 e. The van der Waals surface area contributed by atoms with Gasteiger partial charge in [0.2, 0.25) is 0 Å². The highest BCUT2D eigenvalue weighted by molar-refractivity contribution is 5.67. The molecule has 1 aliphatic rings. The molecule has 0 aromatic heterocycles. The van der Waals surface area contributed by atoms with E-state index in [2.05, 4.69) is 0 Å². The largest absolute Gasteiger partial charge is 0.445 e. The van der Waals surface area contributed by atoms with Gasteiger partial charge in [-0.15, -0.1) is 0 Å². The van der Waals surface area contributed by atoms with Gasteiger partial charge in [-0.1, -0.05) is 37.3 Å². The number of benzene rings is 1. The van der Waals surface area contributed by atoms with Gasteiger partial charge in [0.25, 0.3) is 0 Å². The normalized spacial score (nSPS) is 17.8. The van der Waals surface area contributed by atoms with Crippen LogP contribution in [-0.4, -0.2) is 30.3 Å². The number of carbonyl (C=O) groups is 1. The first-order chi connectivity index (χ1) is 9.70.